The van der Waals surface area contributed by atoms with E-state index in [0.717, 1.165) is 17.9 Å². The molecule has 1 aromatic carbocycles. The summed E-state index contributed by atoms with van der Waals surface area (Å²) < 4.78 is 0. The number of benzene rings is 1. The molecule has 0 heterocycles. The molecule has 1 saturated carbocycles. The molecule has 2 heteroatoms. The van der Waals surface area contributed by atoms with Crippen molar-refractivity contribution in [3.05, 3.63) is 35.4 Å². The molecule has 0 radical (unpaired) electrons. The summed E-state index contributed by atoms with van der Waals surface area (Å²) in [5, 5.41) is 2.65. The number of amides is 1. The largest absolute Gasteiger partial charge is 0.355 e. The molecule has 104 valence electrons. The lowest BCUT2D eigenvalue weighted by Gasteiger charge is -2.21. The van der Waals surface area contributed by atoms with Gasteiger partial charge in [-0.15, -0.1) is 0 Å². The molecule has 0 spiro atoms. The molecule has 0 unspecified atom stereocenters. The maximum Gasteiger partial charge on any atom is 0.251 e. The molecular formula is C17H25NO. The number of carbonyl (C=O) groups is 1. The molecule has 0 aromatic heterocycles. The van der Waals surface area contributed by atoms with Gasteiger partial charge < -0.3 is 5.32 Å². The van der Waals surface area contributed by atoms with E-state index in [-0.39, 0.29) is 5.91 Å². The van der Waals surface area contributed by atoms with Crippen LogP contribution >= 0.6 is 0 Å². The van der Waals surface area contributed by atoms with Crippen LogP contribution in [0.1, 0.15) is 60.9 Å². The van der Waals surface area contributed by atoms with E-state index in [4.69, 9.17) is 0 Å². The van der Waals surface area contributed by atoms with Crippen LogP contribution in [0, 0.1) is 5.92 Å². The summed E-state index contributed by atoms with van der Waals surface area (Å²) in [7, 11) is 1.67. The molecule has 1 aliphatic carbocycles. The van der Waals surface area contributed by atoms with E-state index in [1.54, 1.807) is 7.05 Å². The Morgan fingerprint density at radius 2 is 1.84 bits per heavy atom. The molecule has 0 bridgehead atoms. The van der Waals surface area contributed by atoms with Crippen LogP contribution < -0.4 is 5.32 Å². The topological polar surface area (TPSA) is 29.1 Å². The molecule has 0 atom stereocenters. The van der Waals surface area contributed by atoms with Crippen LogP contribution in [0.25, 0.3) is 0 Å². The van der Waals surface area contributed by atoms with Crippen LogP contribution in [0.15, 0.2) is 24.3 Å². The zero-order valence-corrected chi connectivity index (χ0v) is 12.0. The van der Waals surface area contributed by atoms with E-state index < -0.39 is 0 Å². The lowest BCUT2D eigenvalue weighted by molar-refractivity contribution is 0.0963. The number of carbonyl (C=O) groups excluding carboxylic acids is 1. The van der Waals surface area contributed by atoms with Crippen molar-refractivity contribution in [3.8, 4) is 0 Å². The first-order valence-corrected chi connectivity index (χ1v) is 7.60. The van der Waals surface area contributed by atoms with Crippen LogP contribution in [0.4, 0.5) is 0 Å². The zero-order valence-electron chi connectivity index (χ0n) is 12.0. The molecule has 1 amide bonds. The second kappa shape index (κ2) is 7.32. The summed E-state index contributed by atoms with van der Waals surface area (Å²) in [4.78, 5) is 11.4. The Kier molecular flexibility index (Phi) is 5.44. The molecule has 1 N–H and O–H groups in total. The maximum absolute atomic E-state index is 11.4. The van der Waals surface area contributed by atoms with Crippen LogP contribution in [0.2, 0.25) is 0 Å². The van der Waals surface area contributed by atoms with Crippen molar-refractivity contribution >= 4 is 5.91 Å². The van der Waals surface area contributed by atoms with Crippen LogP contribution in [0.5, 0.6) is 0 Å². The molecular weight excluding hydrogens is 234 g/mol. The highest BCUT2D eigenvalue weighted by molar-refractivity contribution is 5.93. The normalized spacial score (nSPS) is 16.3. The SMILES string of the molecule is CNC(=O)c1ccc(CCCC2CCCCC2)cc1. The molecule has 0 aliphatic heterocycles. The Morgan fingerprint density at radius 1 is 1.16 bits per heavy atom. The third-order valence-electron chi connectivity index (χ3n) is 4.25. The predicted octanol–water partition coefficient (Wildman–Crippen LogP) is 3.95. The third kappa shape index (κ3) is 4.38. The van der Waals surface area contributed by atoms with Gasteiger partial charge in [0.05, 0.1) is 0 Å². The Morgan fingerprint density at radius 3 is 2.47 bits per heavy atom. The molecule has 1 aromatic rings. The van der Waals surface area contributed by atoms with Gasteiger partial charge in [0, 0.05) is 12.6 Å². The minimum absolute atomic E-state index is 0.00578. The first-order chi connectivity index (χ1) is 9.29. The van der Waals surface area contributed by atoms with Gasteiger partial charge in [-0.2, -0.15) is 0 Å². The van der Waals surface area contributed by atoms with Crippen molar-refractivity contribution in [2.75, 3.05) is 7.05 Å². The second-order valence-electron chi connectivity index (χ2n) is 5.67. The highest BCUT2D eigenvalue weighted by Gasteiger charge is 2.12. The van der Waals surface area contributed by atoms with E-state index in [1.165, 1.54) is 50.5 Å². The van der Waals surface area contributed by atoms with Crippen LogP contribution in [-0.2, 0) is 6.42 Å². The van der Waals surface area contributed by atoms with Crippen molar-refractivity contribution in [1.82, 2.24) is 5.32 Å². The quantitative estimate of drug-likeness (QED) is 0.852. The highest BCUT2D eigenvalue weighted by atomic mass is 16.1. The maximum atomic E-state index is 11.4. The number of rotatable bonds is 5. The van der Waals surface area contributed by atoms with Crippen LogP contribution in [-0.4, -0.2) is 13.0 Å². The Bertz CT molecular complexity index is 390. The van der Waals surface area contributed by atoms with Gasteiger partial charge in [-0.1, -0.05) is 50.7 Å². The minimum atomic E-state index is -0.00578. The van der Waals surface area contributed by atoms with Crippen LogP contribution in [0.3, 0.4) is 0 Å². The minimum Gasteiger partial charge on any atom is -0.355 e. The fourth-order valence-electron chi connectivity index (χ4n) is 3.04. The van der Waals surface area contributed by atoms with E-state index in [2.05, 4.69) is 17.4 Å². The first-order valence-electron chi connectivity index (χ1n) is 7.60. The van der Waals surface area contributed by atoms with E-state index in [9.17, 15) is 4.79 Å². The summed E-state index contributed by atoms with van der Waals surface area (Å²) in [5.41, 5.74) is 2.10. The lowest BCUT2D eigenvalue weighted by Crippen LogP contribution is -2.17. The Labute approximate surface area is 116 Å². The third-order valence-corrected chi connectivity index (χ3v) is 4.25. The molecule has 1 fully saturated rings. The molecule has 2 rings (SSSR count). The molecule has 2 nitrogen and oxygen atoms in total. The number of hydrogen-bond acceptors (Lipinski definition) is 1. The molecule has 0 saturated heterocycles. The van der Waals surface area contributed by atoms with Crippen molar-refractivity contribution in [1.29, 1.82) is 0 Å². The highest BCUT2D eigenvalue weighted by Crippen LogP contribution is 2.27. The summed E-state index contributed by atoms with van der Waals surface area (Å²) >= 11 is 0. The standard InChI is InChI=1S/C17H25NO/c1-18-17(19)16-12-10-15(11-13-16)9-5-8-14-6-3-2-4-7-14/h10-14H,2-9H2,1H3,(H,18,19). The molecule has 19 heavy (non-hydrogen) atoms. The monoisotopic (exact) mass is 259 g/mol. The Hall–Kier alpha value is -1.31. The fraction of sp³-hybridized carbons (Fsp3) is 0.588. The average Bonchev–Trinajstić information content (AvgIpc) is 2.48. The van der Waals surface area contributed by atoms with Gasteiger partial charge in [-0.25, -0.2) is 0 Å². The summed E-state index contributed by atoms with van der Waals surface area (Å²) in [6.07, 6.45) is 11.0. The number of aryl methyl sites for hydroxylation is 1. The van der Waals surface area contributed by atoms with Gasteiger partial charge in [0.2, 0.25) is 0 Å². The molecule has 1 aliphatic rings. The average molecular weight is 259 g/mol. The smallest absolute Gasteiger partial charge is 0.251 e. The summed E-state index contributed by atoms with van der Waals surface area (Å²) in [6, 6.07) is 8.03. The van der Waals surface area contributed by atoms with Crippen molar-refractivity contribution in [3.63, 3.8) is 0 Å². The van der Waals surface area contributed by atoms with Gasteiger partial charge in [-0.05, 0) is 36.5 Å². The van der Waals surface area contributed by atoms with E-state index in [0.29, 0.717) is 0 Å². The van der Waals surface area contributed by atoms with Gasteiger partial charge >= 0.3 is 0 Å². The summed E-state index contributed by atoms with van der Waals surface area (Å²) in [6.45, 7) is 0. The van der Waals surface area contributed by atoms with Gasteiger partial charge in [0.25, 0.3) is 5.91 Å². The lowest BCUT2D eigenvalue weighted by atomic mass is 9.85. The number of hydrogen-bond donors (Lipinski definition) is 1. The van der Waals surface area contributed by atoms with Gasteiger partial charge in [0.1, 0.15) is 0 Å². The second-order valence-corrected chi connectivity index (χ2v) is 5.67. The van der Waals surface area contributed by atoms with Crippen molar-refractivity contribution in [2.45, 2.75) is 51.4 Å². The van der Waals surface area contributed by atoms with Gasteiger partial charge in [0.15, 0.2) is 0 Å². The fourth-order valence-corrected chi connectivity index (χ4v) is 3.04. The summed E-state index contributed by atoms with van der Waals surface area (Å²) in [5.74, 6) is 0.965. The zero-order chi connectivity index (χ0) is 13.5. The number of nitrogens with one attached hydrogen (secondary N) is 1. The Balaban J connectivity index is 1.75. The van der Waals surface area contributed by atoms with Crippen molar-refractivity contribution in [2.24, 2.45) is 5.92 Å². The van der Waals surface area contributed by atoms with E-state index in [1.807, 2.05) is 12.1 Å². The van der Waals surface area contributed by atoms with E-state index >= 15 is 0 Å². The van der Waals surface area contributed by atoms with Crippen molar-refractivity contribution < 1.29 is 4.79 Å². The predicted molar refractivity (Wildman–Crippen MR) is 79.3 cm³/mol. The van der Waals surface area contributed by atoms with Gasteiger partial charge in [-0.3, -0.25) is 4.79 Å². The first kappa shape index (κ1) is 14.1.